The normalized spacial score (nSPS) is 12.6. The number of sulfonamides is 1. The van der Waals surface area contributed by atoms with Crippen molar-refractivity contribution in [2.45, 2.75) is 24.8 Å². The molecule has 0 saturated heterocycles. The average Bonchev–Trinajstić information content (AvgIpc) is 2.72. The molecule has 8 heteroatoms. The van der Waals surface area contributed by atoms with Crippen molar-refractivity contribution in [1.82, 2.24) is 14.2 Å². The Hall–Kier alpha value is -1.22. The van der Waals surface area contributed by atoms with Gasteiger partial charge in [0.15, 0.2) is 0 Å². The third kappa shape index (κ3) is 3.57. The molecule has 0 radical (unpaired) electrons. The number of fused-ring (bicyclic) bond motifs is 1. The smallest absolute Gasteiger partial charge is 0.308 e. The highest BCUT2D eigenvalue weighted by atomic mass is 32.2. The second kappa shape index (κ2) is 6.49. The third-order valence-electron chi connectivity index (χ3n) is 3.26. The van der Waals surface area contributed by atoms with E-state index in [4.69, 9.17) is 0 Å². The molecule has 22 heavy (non-hydrogen) atoms. The lowest BCUT2D eigenvalue weighted by atomic mass is 10.3. The number of rotatable bonds is 6. The molecule has 0 bridgehead atoms. The van der Waals surface area contributed by atoms with E-state index in [2.05, 4.69) is 4.72 Å². The van der Waals surface area contributed by atoms with E-state index in [1.807, 2.05) is 32.8 Å². The van der Waals surface area contributed by atoms with Crippen LogP contribution in [-0.2, 0) is 10.0 Å². The minimum absolute atomic E-state index is 0.0434. The first-order valence-electron chi connectivity index (χ1n) is 7.02. The third-order valence-corrected chi connectivity index (χ3v) is 5.64. The Morgan fingerprint density at radius 2 is 2.00 bits per heavy atom. The molecule has 0 unspecified atom stereocenters. The van der Waals surface area contributed by atoms with Crippen LogP contribution in [0.2, 0.25) is 0 Å². The first-order valence-corrected chi connectivity index (χ1v) is 9.32. The molecule has 1 aromatic heterocycles. The minimum Gasteiger partial charge on any atom is -0.308 e. The Morgan fingerprint density at radius 1 is 1.32 bits per heavy atom. The van der Waals surface area contributed by atoms with Crippen molar-refractivity contribution in [3.8, 4) is 0 Å². The van der Waals surface area contributed by atoms with E-state index < -0.39 is 10.0 Å². The van der Waals surface area contributed by atoms with Crippen LogP contribution in [0, 0.1) is 0 Å². The quantitative estimate of drug-likeness (QED) is 0.862. The number of nitrogens with zero attached hydrogens (tertiary/aromatic N) is 2. The molecule has 2 rings (SSSR count). The molecule has 0 aliphatic carbocycles. The van der Waals surface area contributed by atoms with Crippen LogP contribution in [0.15, 0.2) is 27.9 Å². The molecule has 122 valence electrons. The molecular formula is C14H21N3O3S2. The van der Waals surface area contributed by atoms with E-state index >= 15 is 0 Å². The summed E-state index contributed by atoms with van der Waals surface area (Å²) in [5.41, 5.74) is 0.775. The van der Waals surface area contributed by atoms with Crippen molar-refractivity contribution in [3.63, 3.8) is 0 Å². The summed E-state index contributed by atoms with van der Waals surface area (Å²) in [6, 6.07) is 4.86. The van der Waals surface area contributed by atoms with Crippen molar-refractivity contribution < 1.29 is 8.42 Å². The zero-order chi connectivity index (χ0) is 16.5. The van der Waals surface area contributed by atoms with Crippen LogP contribution in [0.1, 0.15) is 19.9 Å². The van der Waals surface area contributed by atoms with Gasteiger partial charge in [0, 0.05) is 19.1 Å². The van der Waals surface area contributed by atoms with Gasteiger partial charge < -0.3 is 4.90 Å². The second-order valence-electron chi connectivity index (χ2n) is 5.66. The SMILES string of the molecule is CC(C)n1c(=O)sc2cc(S(=O)(=O)NCCN(C)C)ccc21. The van der Waals surface area contributed by atoms with Crippen molar-refractivity contribution >= 4 is 31.6 Å². The first-order chi connectivity index (χ1) is 10.2. The van der Waals surface area contributed by atoms with Crippen molar-refractivity contribution in [2.75, 3.05) is 27.2 Å². The summed E-state index contributed by atoms with van der Waals surface area (Å²) in [5, 5.41) is 0. The molecular weight excluding hydrogens is 322 g/mol. The van der Waals surface area contributed by atoms with Gasteiger partial charge >= 0.3 is 4.87 Å². The Balaban J connectivity index is 2.35. The van der Waals surface area contributed by atoms with Gasteiger partial charge in [0.2, 0.25) is 10.0 Å². The zero-order valence-electron chi connectivity index (χ0n) is 13.2. The second-order valence-corrected chi connectivity index (χ2v) is 8.42. The number of hydrogen-bond donors (Lipinski definition) is 1. The molecule has 0 atom stereocenters. The van der Waals surface area contributed by atoms with Crippen LogP contribution in [0.3, 0.4) is 0 Å². The molecule has 0 fully saturated rings. The lowest BCUT2D eigenvalue weighted by molar-refractivity contribution is 0.412. The summed E-state index contributed by atoms with van der Waals surface area (Å²) in [7, 11) is 0.210. The number of nitrogens with one attached hydrogen (secondary N) is 1. The Kier molecular flexibility index (Phi) is 5.06. The highest BCUT2D eigenvalue weighted by Gasteiger charge is 2.17. The van der Waals surface area contributed by atoms with E-state index in [9.17, 15) is 13.2 Å². The lowest BCUT2D eigenvalue weighted by Gasteiger charge is -2.11. The number of aromatic nitrogens is 1. The van der Waals surface area contributed by atoms with Crippen molar-refractivity contribution in [2.24, 2.45) is 0 Å². The Labute approximate surface area is 134 Å². The molecule has 0 saturated carbocycles. The standard InChI is InChI=1S/C14H21N3O3S2/c1-10(2)17-12-6-5-11(9-13(12)21-14(17)18)22(19,20)15-7-8-16(3)4/h5-6,9-10,15H,7-8H2,1-4H3. The van der Waals surface area contributed by atoms with Crippen LogP contribution in [0.4, 0.5) is 0 Å². The first kappa shape index (κ1) is 17.1. The number of thiazole rings is 1. The monoisotopic (exact) mass is 343 g/mol. The average molecular weight is 343 g/mol. The molecule has 2 aromatic rings. The zero-order valence-corrected chi connectivity index (χ0v) is 14.8. The molecule has 6 nitrogen and oxygen atoms in total. The fourth-order valence-electron chi connectivity index (χ4n) is 2.16. The van der Waals surface area contributed by atoms with Crippen LogP contribution < -0.4 is 9.60 Å². The van der Waals surface area contributed by atoms with Crippen LogP contribution in [0.5, 0.6) is 0 Å². The maximum absolute atomic E-state index is 12.3. The number of likely N-dealkylation sites (N-methyl/N-ethyl adjacent to an activating group) is 1. The molecule has 1 N–H and O–H groups in total. The summed E-state index contributed by atoms with van der Waals surface area (Å²) in [4.78, 5) is 14.0. The highest BCUT2D eigenvalue weighted by Crippen LogP contribution is 2.23. The maximum atomic E-state index is 12.3. The summed E-state index contributed by atoms with van der Waals surface area (Å²) in [6.07, 6.45) is 0. The fourth-order valence-corrected chi connectivity index (χ4v) is 4.33. The van der Waals surface area contributed by atoms with E-state index in [1.54, 1.807) is 22.8 Å². The largest absolute Gasteiger partial charge is 0.308 e. The summed E-state index contributed by atoms with van der Waals surface area (Å²) < 4.78 is 29.5. The highest BCUT2D eigenvalue weighted by molar-refractivity contribution is 7.89. The van der Waals surface area contributed by atoms with Crippen LogP contribution in [0.25, 0.3) is 10.2 Å². The van der Waals surface area contributed by atoms with E-state index in [-0.39, 0.29) is 15.8 Å². The predicted octanol–water partition coefficient (Wildman–Crippen LogP) is 1.48. The number of benzene rings is 1. The molecule has 1 heterocycles. The van der Waals surface area contributed by atoms with Gasteiger partial charge in [-0.2, -0.15) is 0 Å². The summed E-state index contributed by atoms with van der Waals surface area (Å²) >= 11 is 1.07. The summed E-state index contributed by atoms with van der Waals surface area (Å²) in [5.74, 6) is 0. The maximum Gasteiger partial charge on any atom is 0.308 e. The van der Waals surface area contributed by atoms with E-state index in [1.165, 1.54) is 0 Å². The predicted molar refractivity (Wildman–Crippen MR) is 90.2 cm³/mol. The van der Waals surface area contributed by atoms with Crippen LogP contribution >= 0.6 is 11.3 Å². The van der Waals surface area contributed by atoms with Gasteiger partial charge in [-0.3, -0.25) is 9.36 Å². The number of hydrogen-bond acceptors (Lipinski definition) is 5. The van der Waals surface area contributed by atoms with Gasteiger partial charge in [-0.1, -0.05) is 11.3 Å². The molecule has 1 aromatic carbocycles. The fraction of sp³-hybridized carbons (Fsp3) is 0.500. The van der Waals surface area contributed by atoms with Gasteiger partial charge in [0.05, 0.1) is 15.1 Å². The van der Waals surface area contributed by atoms with Crippen LogP contribution in [-0.4, -0.2) is 45.1 Å². The van der Waals surface area contributed by atoms with E-state index in [0.717, 1.165) is 16.9 Å². The minimum atomic E-state index is -3.55. The molecule has 0 spiro atoms. The topological polar surface area (TPSA) is 71.4 Å². The molecule has 0 aliphatic rings. The molecule has 0 amide bonds. The van der Waals surface area contributed by atoms with Gasteiger partial charge in [-0.15, -0.1) is 0 Å². The van der Waals surface area contributed by atoms with Gasteiger partial charge in [0.1, 0.15) is 0 Å². The van der Waals surface area contributed by atoms with Gasteiger partial charge in [-0.25, -0.2) is 13.1 Å². The summed E-state index contributed by atoms with van der Waals surface area (Å²) in [6.45, 7) is 4.83. The Bertz CT molecular complexity index is 819. The molecule has 0 aliphatic heterocycles. The van der Waals surface area contributed by atoms with Crippen molar-refractivity contribution in [3.05, 3.63) is 27.9 Å². The van der Waals surface area contributed by atoms with Gasteiger partial charge in [0.25, 0.3) is 0 Å². The lowest BCUT2D eigenvalue weighted by Crippen LogP contribution is -2.31. The van der Waals surface area contributed by atoms with Crippen molar-refractivity contribution in [1.29, 1.82) is 0 Å². The van der Waals surface area contributed by atoms with E-state index in [0.29, 0.717) is 17.8 Å². The van der Waals surface area contributed by atoms with Gasteiger partial charge in [-0.05, 0) is 46.1 Å². The Morgan fingerprint density at radius 3 is 2.59 bits per heavy atom.